The maximum Gasteiger partial charge on any atom is 0.173 e. The lowest BCUT2D eigenvalue weighted by atomic mass is 10.2. The normalized spacial score (nSPS) is 11.0. The Morgan fingerprint density at radius 2 is 2.14 bits per heavy atom. The van der Waals surface area contributed by atoms with Crippen LogP contribution in [0.25, 0.3) is 0 Å². The van der Waals surface area contributed by atoms with Gasteiger partial charge in [0, 0.05) is 16.7 Å². The lowest BCUT2D eigenvalue weighted by Gasteiger charge is -2.03. The van der Waals surface area contributed by atoms with Crippen LogP contribution in [-0.4, -0.2) is 16.0 Å². The highest BCUT2D eigenvalue weighted by molar-refractivity contribution is 7.94. The van der Waals surface area contributed by atoms with Crippen molar-refractivity contribution in [2.24, 2.45) is 10.2 Å². The van der Waals surface area contributed by atoms with Crippen LogP contribution >= 0.6 is 12.0 Å². The third-order valence-electron chi connectivity index (χ3n) is 2.70. The lowest BCUT2D eigenvalue weighted by Crippen LogP contribution is -1.91. The monoisotopic (exact) mass is 319 g/mol. The number of benzene rings is 1. The van der Waals surface area contributed by atoms with Crippen LogP contribution in [0.1, 0.15) is 22.8 Å². The number of hydrogen-bond donors (Lipinski definition) is 1. The van der Waals surface area contributed by atoms with E-state index in [1.165, 1.54) is 13.1 Å². The summed E-state index contributed by atoms with van der Waals surface area (Å²) in [5.74, 6) is 0.373. The van der Waals surface area contributed by atoms with Crippen LogP contribution in [0, 0.1) is 0 Å². The van der Waals surface area contributed by atoms with Crippen molar-refractivity contribution in [3.05, 3.63) is 53.7 Å². The second-order valence-electron chi connectivity index (χ2n) is 4.19. The molecule has 1 aromatic carbocycles. The van der Waals surface area contributed by atoms with Gasteiger partial charge in [0.15, 0.2) is 11.6 Å². The number of hydrogen-bond acceptors (Lipinski definition) is 8. The standard InChI is InChI=1S/C14H13N3O4S/c1-10(18)11-6-7-14(15-8-11)17-16-9-12-4-2-3-5-13(12)22-21-20-19/h2-8,19H,9H2,1H3. The third-order valence-corrected chi connectivity index (χ3v) is 3.40. The van der Waals surface area contributed by atoms with E-state index in [1.807, 2.05) is 18.2 Å². The van der Waals surface area contributed by atoms with E-state index in [9.17, 15) is 4.79 Å². The average Bonchev–Trinajstić information content (AvgIpc) is 2.54. The van der Waals surface area contributed by atoms with Crippen molar-refractivity contribution in [2.45, 2.75) is 18.4 Å². The number of azo groups is 1. The molecule has 0 saturated heterocycles. The van der Waals surface area contributed by atoms with Gasteiger partial charge in [-0.25, -0.2) is 10.2 Å². The smallest absolute Gasteiger partial charge is 0.173 e. The number of carbonyl (C=O) groups is 1. The van der Waals surface area contributed by atoms with Gasteiger partial charge in [-0.2, -0.15) is 5.11 Å². The molecule has 2 aromatic rings. The van der Waals surface area contributed by atoms with E-state index in [1.54, 1.807) is 18.2 Å². The SMILES string of the molecule is CC(=O)c1ccc(N=NCc2ccccc2SOOO)nc1. The highest BCUT2D eigenvalue weighted by Gasteiger charge is 2.04. The summed E-state index contributed by atoms with van der Waals surface area (Å²) >= 11 is 0.871. The van der Waals surface area contributed by atoms with Crippen molar-refractivity contribution in [1.29, 1.82) is 0 Å². The molecule has 1 aromatic heterocycles. The van der Waals surface area contributed by atoms with E-state index in [4.69, 9.17) is 5.26 Å². The summed E-state index contributed by atoms with van der Waals surface area (Å²) in [6.07, 6.45) is 1.47. The minimum absolute atomic E-state index is 0.0481. The van der Waals surface area contributed by atoms with Crippen molar-refractivity contribution in [3.63, 3.8) is 0 Å². The average molecular weight is 319 g/mol. The minimum atomic E-state index is -0.0481. The van der Waals surface area contributed by atoms with Gasteiger partial charge in [0.25, 0.3) is 0 Å². The molecule has 0 atom stereocenters. The van der Waals surface area contributed by atoms with Crippen molar-refractivity contribution in [2.75, 3.05) is 0 Å². The maximum atomic E-state index is 11.1. The predicted octanol–water partition coefficient (Wildman–Crippen LogP) is 4.00. The van der Waals surface area contributed by atoms with Crippen LogP contribution in [0.3, 0.4) is 0 Å². The van der Waals surface area contributed by atoms with Crippen LogP contribution in [0.4, 0.5) is 5.82 Å². The molecule has 0 unspecified atom stereocenters. The second kappa shape index (κ2) is 8.35. The Labute approximate surface area is 131 Å². The summed E-state index contributed by atoms with van der Waals surface area (Å²) in [5.41, 5.74) is 1.38. The lowest BCUT2D eigenvalue weighted by molar-refractivity contribution is -0.432. The van der Waals surface area contributed by atoms with Crippen molar-refractivity contribution in [1.82, 2.24) is 4.98 Å². The maximum absolute atomic E-state index is 11.1. The number of ketones is 1. The van der Waals surface area contributed by atoms with Crippen molar-refractivity contribution >= 4 is 23.6 Å². The van der Waals surface area contributed by atoms with Crippen LogP contribution < -0.4 is 0 Å². The third kappa shape index (κ3) is 4.71. The van der Waals surface area contributed by atoms with E-state index in [2.05, 4.69) is 24.6 Å². The van der Waals surface area contributed by atoms with Gasteiger partial charge >= 0.3 is 0 Å². The minimum Gasteiger partial charge on any atom is -0.294 e. The Kier molecular flexibility index (Phi) is 6.16. The largest absolute Gasteiger partial charge is 0.294 e. The summed E-state index contributed by atoms with van der Waals surface area (Å²) in [6, 6.07) is 10.6. The Bertz CT molecular complexity index is 661. The molecule has 0 aliphatic carbocycles. The molecule has 0 spiro atoms. The molecule has 0 amide bonds. The Balaban J connectivity index is 2.01. The van der Waals surface area contributed by atoms with E-state index in [-0.39, 0.29) is 5.78 Å². The summed E-state index contributed by atoms with van der Waals surface area (Å²) in [4.78, 5) is 15.9. The van der Waals surface area contributed by atoms with Gasteiger partial charge < -0.3 is 0 Å². The van der Waals surface area contributed by atoms with Gasteiger partial charge in [-0.05, 0) is 30.7 Å². The van der Waals surface area contributed by atoms with E-state index >= 15 is 0 Å². The fourth-order valence-corrected chi connectivity index (χ4v) is 2.08. The van der Waals surface area contributed by atoms with Gasteiger partial charge in [0.1, 0.15) is 0 Å². The number of rotatable bonds is 7. The van der Waals surface area contributed by atoms with Gasteiger partial charge in [0.2, 0.25) is 0 Å². The van der Waals surface area contributed by atoms with Crippen LogP contribution in [0.15, 0.2) is 57.7 Å². The molecule has 0 radical (unpaired) electrons. The number of Topliss-reactive ketones (excluding diaryl/α,β-unsaturated/α-hetero) is 1. The Hall–Kier alpha value is -2.13. The summed E-state index contributed by atoms with van der Waals surface area (Å²) in [6.45, 7) is 1.79. The first-order valence-electron chi connectivity index (χ1n) is 6.28. The Morgan fingerprint density at radius 1 is 1.32 bits per heavy atom. The van der Waals surface area contributed by atoms with Crippen LogP contribution in [-0.2, 0) is 15.9 Å². The fourth-order valence-electron chi connectivity index (χ4n) is 1.61. The molecule has 2 rings (SSSR count). The van der Waals surface area contributed by atoms with E-state index in [0.29, 0.717) is 17.9 Å². The summed E-state index contributed by atoms with van der Waals surface area (Å²) in [7, 11) is 0. The van der Waals surface area contributed by atoms with Gasteiger partial charge in [-0.3, -0.25) is 4.79 Å². The molecular formula is C14H13N3O4S. The van der Waals surface area contributed by atoms with Crippen LogP contribution in [0.2, 0.25) is 0 Å². The van der Waals surface area contributed by atoms with Crippen molar-refractivity contribution in [3.8, 4) is 0 Å². The summed E-state index contributed by atoms with van der Waals surface area (Å²) < 4.78 is 4.42. The first-order valence-corrected chi connectivity index (χ1v) is 7.02. The molecule has 0 saturated carbocycles. The first-order chi connectivity index (χ1) is 10.7. The van der Waals surface area contributed by atoms with Crippen LogP contribution in [0.5, 0.6) is 0 Å². The molecule has 1 N–H and O–H groups in total. The number of aromatic nitrogens is 1. The molecule has 1 heterocycles. The van der Waals surface area contributed by atoms with Gasteiger partial charge in [-0.15, -0.1) is 9.45 Å². The molecule has 0 bridgehead atoms. The van der Waals surface area contributed by atoms with Gasteiger partial charge in [0.05, 0.1) is 18.6 Å². The number of pyridine rings is 1. The molecule has 0 aliphatic rings. The van der Waals surface area contributed by atoms with E-state index < -0.39 is 0 Å². The zero-order valence-corrected chi connectivity index (χ0v) is 12.5. The van der Waals surface area contributed by atoms with Crippen molar-refractivity contribution < 1.29 is 19.4 Å². The summed E-state index contributed by atoms with van der Waals surface area (Å²) in [5, 5.41) is 19.8. The zero-order chi connectivity index (χ0) is 15.8. The molecule has 114 valence electrons. The molecule has 8 heteroatoms. The van der Waals surface area contributed by atoms with E-state index in [0.717, 1.165) is 22.5 Å². The zero-order valence-electron chi connectivity index (χ0n) is 11.7. The second-order valence-corrected chi connectivity index (χ2v) is 4.94. The number of nitrogens with zero attached hydrogens (tertiary/aromatic N) is 3. The highest BCUT2D eigenvalue weighted by Crippen LogP contribution is 2.24. The molecule has 22 heavy (non-hydrogen) atoms. The quantitative estimate of drug-likeness (QED) is 0.272. The highest BCUT2D eigenvalue weighted by atomic mass is 32.2. The first kappa shape index (κ1) is 16.2. The number of carbonyl (C=O) groups excluding carboxylic acids is 1. The molecule has 7 nitrogen and oxygen atoms in total. The molecular weight excluding hydrogens is 306 g/mol. The fraction of sp³-hybridized carbons (Fsp3) is 0.143. The topological polar surface area (TPSA) is 93.4 Å². The molecule has 0 fully saturated rings. The molecule has 0 aliphatic heterocycles. The predicted molar refractivity (Wildman–Crippen MR) is 79.6 cm³/mol. The Morgan fingerprint density at radius 3 is 2.82 bits per heavy atom. The van der Waals surface area contributed by atoms with Gasteiger partial charge in [-0.1, -0.05) is 23.2 Å².